The predicted octanol–water partition coefficient (Wildman–Crippen LogP) is 6.69. The van der Waals surface area contributed by atoms with Crippen LogP contribution >= 0.6 is 15.8 Å². The monoisotopic (exact) mass is 653 g/mol. The molecule has 4 nitrogen and oxygen atoms in total. The summed E-state index contributed by atoms with van der Waals surface area (Å²) in [5.74, 6) is 1.34. The fraction of sp³-hybridized carbons (Fsp3) is 0.211. The van der Waals surface area contributed by atoms with Gasteiger partial charge in [0.2, 0.25) is 0 Å². The zero-order valence-electron chi connectivity index (χ0n) is 26.5. The lowest BCUT2D eigenvalue weighted by atomic mass is 10.1. The number of nitrogens with one attached hydrogen (secondary N) is 1. The Balaban J connectivity index is 1.76. The SMILES string of the molecule is COc1cc([C@@H](CP(c2ccccc2)c2ccccc2)NS(=O)C(C)(C)C)c(P(c2ccccc2)c2ccccc2)cc1OC. The normalized spacial score (nSPS) is 13.0. The van der Waals surface area contributed by atoms with Crippen molar-refractivity contribution in [3.63, 3.8) is 0 Å². The van der Waals surface area contributed by atoms with Gasteiger partial charge in [-0.05, 0) is 87.0 Å². The largest absolute Gasteiger partial charge is 0.493 e. The third-order valence-corrected chi connectivity index (χ3v) is 14.2. The van der Waals surface area contributed by atoms with Crippen molar-refractivity contribution in [3.8, 4) is 11.5 Å². The lowest BCUT2D eigenvalue weighted by molar-refractivity contribution is 0.354. The standard InChI is InChI=1S/C38H41NO3P2S/c1-38(2,3)45(40)39-34(28-43(29-18-10-6-11-19-29)30-20-12-7-13-21-30)33-26-35(41-4)36(42-5)27-37(33)44(31-22-14-8-15-23-31)32-24-16-9-17-25-32/h6-27,34,39H,28H2,1-5H3/t34-,45?/m1/s1. The van der Waals surface area contributed by atoms with Crippen molar-refractivity contribution >= 4 is 53.4 Å². The molecule has 0 bridgehead atoms. The Kier molecular flexibility index (Phi) is 11.2. The highest BCUT2D eigenvalue weighted by molar-refractivity contribution is 7.84. The van der Waals surface area contributed by atoms with Gasteiger partial charge in [-0.3, -0.25) is 0 Å². The Bertz CT molecular complexity index is 1600. The van der Waals surface area contributed by atoms with Crippen LogP contribution in [0.4, 0.5) is 0 Å². The molecule has 45 heavy (non-hydrogen) atoms. The van der Waals surface area contributed by atoms with Gasteiger partial charge in [-0.15, -0.1) is 0 Å². The van der Waals surface area contributed by atoms with E-state index in [4.69, 9.17) is 9.47 Å². The van der Waals surface area contributed by atoms with E-state index in [1.165, 1.54) is 21.2 Å². The minimum absolute atomic E-state index is 0.246. The van der Waals surface area contributed by atoms with Gasteiger partial charge in [-0.1, -0.05) is 121 Å². The maximum atomic E-state index is 14.0. The Morgan fingerprint density at radius 3 is 1.44 bits per heavy atom. The third kappa shape index (κ3) is 8.10. The molecule has 0 radical (unpaired) electrons. The summed E-state index contributed by atoms with van der Waals surface area (Å²) in [6.07, 6.45) is 0.750. The quantitative estimate of drug-likeness (QED) is 0.153. The van der Waals surface area contributed by atoms with Gasteiger partial charge in [0, 0.05) is 6.04 Å². The van der Waals surface area contributed by atoms with E-state index in [1.807, 2.05) is 20.8 Å². The molecular weight excluding hydrogens is 612 g/mol. The zero-order chi connectivity index (χ0) is 31.8. The van der Waals surface area contributed by atoms with Crippen LogP contribution in [-0.4, -0.2) is 29.3 Å². The molecule has 0 aliphatic rings. The first-order chi connectivity index (χ1) is 21.8. The molecule has 0 aliphatic heterocycles. The van der Waals surface area contributed by atoms with Gasteiger partial charge in [-0.25, -0.2) is 8.93 Å². The fourth-order valence-corrected chi connectivity index (χ4v) is 11.1. The molecular formula is C38H41NO3P2S. The van der Waals surface area contributed by atoms with E-state index in [0.717, 1.165) is 17.0 Å². The molecule has 0 aliphatic carbocycles. The molecule has 5 rings (SSSR count). The van der Waals surface area contributed by atoms with E-state index >= 15 is 0 Å². The molecule has 0 saturated heterocycles. The maximum absolute atomic E-state index is 14.0. The van der Waals surface area contributed by atoms with Gasteiger partial charge in [0.05, 0.1) is 30.0 Å². The molecule has 5 aromatic rings. The highest BCUT2D eigenvalue weighted by Crippen LogP contribution is 2.44. The molecule has 2 atom stereocenters. The van der Waals surface area contributed by atoms with Gasteiger partial charge < -0.3 is 9.47 Å². The predicted molar refractivity (Wildman–Crippen MR) is 196 cm³/mol. The lowest BCUT2D eigenvalue weighted by Crippen LogP contribution is -2.39. The molecule has 0 heterocycles. The Labute approximate surface area is 273 Å². The maximum Gasteiger partial charge on any atom is 0.161 e. The van der Waals surface area contributed by atoms with Crippen LogP contribution < -0.4 is 40.7 Å². The van der Waals surface area contributed by atoms with Crippen LogP contribution in [0.25, 0.3) is 0 Å². The smallest absolute Gasteiger partial charge is 0.161 e. The summed E-state index contributed by atoms with van der Waals surface area (Å²) in [4.78, 5) is 0. The van der Waals surface area contributed by atoms with Gasteiger partial charge in [0.25, 0.3) is 0 Å². The Morgan fingerprint density at radius 1 is 0.644 bits per heavy atom. The van der Waals surface area contributed by atoms with Crippen LogP contribution in [0.5, 0.6) is 11.5 Å². The first-order valence-electron chi connectivity index (χ1n) is 15.0. The molecule has 1 N–H and O–H groups in total. The first-order valence-corrected chi connectivity index (χ1v) is 19.0. The first kappa shape index (κ1) is 33.0. The second-order valence-corrected chi connectivity index (χ2v) is 18.0. The molecule has 0 saturated carbocycles. The Hall–Kier alpha value is -3.33. The van der Waals surface area contributed by atoms with E-state index in [2.05, 4.69) is 138 Å². The molecule has 0 fully saturated rings. The number of benzene rings is 5. The summed E-state index contributed by atoms with van der Waals surface area (Å²) in [6, 6.07) is 46.7. The van der Waals surface area contributed by atoms with Crippen molar-refractivity contribution < 1.29 is 13.7 Å². The summed E-state index contributed by atoms with van der Waals surface area (Å²) in [7, 11) is 0.232. The van der Waals surface area contributed by atoms with Crippen LogP contribution in [0.15, 0.2) is 133 Å². The van der Waals surface area contributed by atoms with Crippen LogP contribution in [0.3, 0.4) is 0 Å². The number of methoxy groups -OCH3 is 2. The summed E-state index contributed by atoms with van der Waals surface area (Å²) >= 11 is 0. The highest BCUT2D eigenvalue weighted by Gasteiger charge is 2.32. The van der Waals surface area contributed by atoms with E-state index < -0.39 is 31.6 Å². The summed E-state index contributed by atoms with van der Waals surface area (Å²) in [5, 5.41) is 6.18. The molecule has 0 spiro atoms. The van der Waals surface area contributed by atoms with Crippen molar-refractivity contribution in [1.82, 2.24) is 4.72 Å². The van der Waals surface area contributed by atoms with E-state index in [9.17, 15) is 4.21 Å². The average Bonchev–Trinajstić information content (AvgIpc) is 3.07. The number of hydrogen-bond donors (Lipinski definition) is 1. The number of hydrogen-bond acceptors (Lipinski definition) is 3. The second-order valence-electron chi connectivity index (χ2n) is 11.6. The van der Waals surface area contributed by atoms with Crippen molar-refractivity contribution in [2.24, 2.45) is 0 Å². The van der Waals surface area contributed by atoms with Crippen LogP contribution in [0.2, 0.25) is 0 Å². The fourth-order valence-electron chi connectivity index (χ4n) is 5.20. The second kappa shape index (κ2) is 15.3. The number of ether oxygens (including phenoxy) is 2. The van der Waals surface area contributed by atoms with Gasteiger partial charge in [0.15, 0.2) is 11.5 Å². The van der Waals surface area contributed by atoms with Crippen LogP contribution in [0, 0.1) is 0 Å². The van der Waals surface area contributed by atoms with Crippen molar-refractivity contribution in [2.75, 3.05) is 20.4 Å². The van der Waals surface area contributed by atoms with E-state index in [1.54, 1.807) is 14.2 Å². The lowest BCUT2D eigenvalue weighted by Gasteiger charge is -2.32. The van der Waals surface area contributed by atoms with Crippen molar-refractivity contribution in [2.45, 2.75) is 31.6 Å². The molecule has 1 unspecified atom stereocenters. The summed E-state index contributed by atoms with van der Waals surface area (Å²) in [6.45, 7) is 6.04. The van der Waals surface area contributed by atoms with Crippen molar-refractivity contribution in [3.05, 3.63) is 139 Å². The number of rotatable bonds is 12. The van der Waals surface area contributed by atoms with E-state index in [0.29, 0.717) is 11.5 Å². The van der Waals surface area contributed by atoms with Crippen LogP contribution in [0.1, 0.15) is 32.4 Å². The summed E-state index contributed by atoms with van der Waals surface area (Å²) < 4.78 is 28.9. The molecule has 0 aromatic heterocycles. The van der Waals surface area contributed by atoms with Gasteiger partial charge in [-0.2, -0.15) is 0 Å². The third-order valence-electron chi connectivity index (χ3n) is 7.48. The minimum atomic E-state index is -1.33. The summed E-state index contributed by atoms with van der Waals surface area (Å²) in [5.41, 5.74) is 1.07. The van der Waals surface area contributed by atoms with E-state index in [-0.39, 0.29) is 6.04 Å². The minimum Gasteiger partial charge on any atom is -0.493 e. The molecule has 0 amide bonds. The molecule has 5 aromatic carbocycles. The molecule has 232 valence electrons. The topological polar surface area (TPSA) is 47.6 Å². The van der Waals surface area contributed by atoms with Crippen molar-refractivity contribution in [1.29, 1.82) is 0 Å². The average molecular weight is 654 g/mol. The highest BCUT2D eigenvalue weighted by atomic mass is 32.2. The Morgan fingerprint density at radius 2 is 1.04 bits per heavy atom. The van der Waals surface area contributed by atoms with Crippen LogP contribution in [-0.2, 0) is 11.0 Å². The van der Waals surface area contributed by atoms with Gasteiger partial charge in [0.1, 0.15) is 0 Å². The molecule has 7 heteroatoms. The zero-order valence-corrected chi connectivity index (χ0v) is 29.1. The van der Waals surface area contributed by atoms with Gasteiger partial charge >= 0.3 is 0 Å².